The predicted octanol–water partition coefficient (Wildman–Crippen LogP) is 0.860. The average Bonchev–Trinajstić information content (AvgIpc) is 2.15. The topological polar surface area (TPSA) is 74.0 Å². The minimum Gasteiger partial charge on any atom is -0.444 e. The van der Waals surface area contributed by atoms with E-state index in [0.29, 0.717) is 13.2 Å². The molecule has 1 saturated heterocycles. The zero-order chi connectivity index (χ0) is 12.4. The Hall–Kier alpha value is -0.850. The summed E-state index contributed by atoms with van der Waals surface area (Å²) in [7, 11) is 0. The van der Waals surface area contributed by atoms with Crippen molar-refractivity contribution < 1.29 is 19.1 Å². The highest BCUT2D eigenvalue weighted by Crippen LogP contribution is 2.19. The average molecular weight is 232 g/mol. The third-order valence-corrected chi connectivity index (χ3v) is 2.15. The van der Waals surface area contributed by atoms with E-state index in [1.54, 1.807) is 6.92 Å². The van der Waals surface area contributed by atoms with Crippen LogP contribution < -0.4 is 5.90 Å². The van der Waals surface area contributed by atoms with Gasteiger partial charge in [-0.3, -0.25) is 4.84 Å². The number of ether oxygens (including phenoxy) is 2. The number of morpholine rings is 1. The van der Waals surface area contributed by atoms with Crippen molar-refractivity contribution in [2.75, 3.05) is 19.7 Å². The molecule has 1 aliphatic heterocycles. The van der Waals surface area contributed by atoms with E-state index >= 15 is 0 Å². The van der Waals surface area contributed by atoms with E-state index in [4.69, 9.17) is 20.2 Å². The van der Waals surface area contributed by atoms with Crippen LogP contribution in [0.3, 0.4) is 0 Å². The second kappa shape index (κ2) is 4.57. The minimum atomic E-state index is -0.949. The Morgan fingerprint density at radius 1 is 1.50 bits per heavy atom. The Morgan fingerprint density at radius 3 is 2.62 bits per heavy atom. The summed E-state index contributed by atoms with van der Waals surface area (Å²) in [4.78, 5) is 18.0. The van der Waals surface area contributed by atoms with Crippen molar-refractivity contribution in [1.29, 1.82) is 0 Å². The molecule has 0 unspecified atom stereocenters. The molecule has 6 nitrogen and oxygen atoms in total. The van der Waals surface area contributed by atoms with Crippen molar-refractivity contribution in [2.24, 2.45) is 5.90 Å². The molecular formula is C10H20N2O4. The van der Waals surface area contributed by atoms with Crippen LogP contribution in [0, 0.1) is 0 Å². The Morgan fingerprint density at radius 2 is 2.12 bits per heavy atom. The Balaban J connectivity index is 2.57. The van der Waals surface area contributed by atoms with Gasteiger partial charge < -0.3 is 14.4 Å². The molecule has 94 valence electrons. The summed E-state index contributed by atoms with van der Waals surface area (Å²) in [5.74, 6) is 4.17. The van der Waals surface area contributed by atoms with E-state index in [0.717, 1.165) is 0 Å². The van der Waals surface area contributed by atoms with Crippen LogP contribution in [0.5, 0.6) is 0 Å². The van der Waals surface area contributed by atoms with E-state index in [1.807, 2.05) is 20.8 Å². The lowest BCUT2D eigenvalue weighted by Crippen LogP contribution is -2.55. The lowest BCUT2D eigenvalue weighted by atomic mass is 10.2. The summed E-state index contributed by atoms with van der Waals surface area (Å²) >= 11 is 0. The van der Waals surface area contributed by atoms with Crippen molar-refractivity contribution in [3.05, 3.63) is 0 Å². The van der Waals surface area contributed by atoms with Crippen molar-refractivity contribution in [2.45, 2.75) is 39.1 Å². The molecule has 1 rings (SSSR count). The molecule has 0 saturated carbocycles. The van der Waals surface area contributed by atoms with Gasteiger partial charge in [0.15, 0.2) is 0 Å². The van der Waals surface area contributed by atoms with Crippen LogP contribution in [0.1, 0.15) is 27.7 Å². The van der Waals surface area contributed by atoms with E-state index in [2.05, 4.69) is 0 Å². The van der Waals surface area contributed by atoms with Crippen molar-refractivity contribution in [3.63, 3.8) is 0 Å². The lowest BCUT2D eigenvalue weighted by molar-refractivity contribution is -0.255. The normalized spacial score (nSPS) is 26.7. The van der Waals surface area contributed by atoms with Crippen molar-refractivity contribution in [3.8, 4) is 0 Å². The molecule has 0 aromatic heterocycles. The number of hydrogen-bond donors (Lipinski definition) is 1. The lowest BCUT2D eigenvalue weighted by Gasteiger charge is -2.38. The molecule has 0 aromatic carbocycles. The highest BCUT2D eigenvalue weighted by Gasteiger charge is 2.36. The standard InChI is InChI=1S/C10H20N2O4/c1-9(2,3)15-8(13)12-5-6-14-10(4,7-12)16-11/h5-7,11H2,1-4H3/t10-/m0/s1. The van der Waals surface area contributed by atoms with E-state index in [9.17, 15) is 4.79 Å². The van der Waals surface area contributed by atoms with Gasteiger partial charge in [-0.25, -0.2) is 10.7 Å². The van der Waals surface area contributed by atoms with Gasteiger partial charge in [0, 0.05) is 6.54 Å². The first-order chi connectivity index (χ1) is 7.26. The molecule has 1 aliphatic rings. The minimum absolute atomic E-state index is 0.262. The maximum Gasteiger partial charge on any atom is 0.410 e. The quantitative estimate of drug-likeness (QED) is 0.679. The number of carbonyl (C=O) groups excluding carboxylic acids is 1. The van der Waals surface area contributed by atoms with Gasteiger partial charge >= 0.3 is 6.09 Å². The van der Waals surface area contributed by atoms with Gasteiger partial charge in [-0.1, -0.05) is 0 Å². The van der Waals surface area contributed by atoms with E-state index in [1.165, 1.54) is 4.90 Å². The molecule has 1 atom stereocenters. The molecule has 0 spiro atoms. The number of rotatable bonds is 1. The van der Waals surface area contributed by atoms with E-state index < -0.39 is 11.4 Å². The third-order valence-electron chi connectivity index (χ3n) is 2.15. The molecule has 1 amide bonds. The summed E-state index contributed by atoms with van der Waals surface area (Å²) in [6.07, 6.45) is -0.376. The maximum atomic E-state index is 11.8. The van der Waals surface area contributed by atoms with Gasteiger partial charge in [-0.15, -0.1) is 0 Å². The van der Waals surface area contributed by atoms with Gasteiger partial charge in [0.2, 0.25) is 5.79 Å². The van der Waals surface area contributed by atoms with Crippen LogP contribution in [-0.2, 0) is 14.3 Å². The number of nitrogens with two attached hydrogens (primary N) is 1. The number of amides is 1. The van der Waals surface area contributed by atoms with E-state index in [-0.39, 0.29) is 12.6 Å². The summed E-state index contributed by atoms with van der Waals surface area (Å²) in [5, 5.41) is 0. The van der Waals surface area contributed by atoms with Gasteiger partial charge in [0.25, 0.3) is 0 Å². The zero-order valence-electron chi connectivity index (χ0n) is 10.3. The Bertz CT molecular complexity index is 264. The summed E-state index contributed by atoms with van der Waals surface area (Å²) < 4.78 is 10.6. The summed E-state index contributed by atoms with van der Waals surface area (Å²) in [5.41, 5.74) is -0.505. The second-order valence-electron chi connectivity index (χ2n) is 5.00. The van der Waals surface area contributed by atoms with Gasteiger partial charge in [0.05, 0.1) is 13.2 Å². The monoisotopic (exact) mass is 232 g/mol. The largest absolute Gasteiger partial charge is 0.444 e. The predicted molar refractivity (Wildman–Crippen MR) is 57.4 cm³/mol. The van der Waals surface area contributed by atoms with Crippen LogP contribution in [0.15, 0.2) is 0 Å². The fourth-order valence-electron chi connectivity index (χ4n) is 1.40. The Labute approximate surface area is 95.6 Å². The molecule has 16 heavy (non-hydrogen) atoms. The molecule has 1 heterocycles. The number of nitrogens with zero attached hydrogens (tertiary/aromatic N) is 1. The molecular weight excluding hydrogens is 212 g/mol. The molecule has 0 radical (unpaired) electrons. The number of carbonyl (C=O) groups is 1. The van der Waals surface area contributed by atoms with Crippen LogP contribution in [0.25, 0.3) is 0 Å². The first-order valence-corrected chi connectivity index (χ1v) is 5.25. The first kappa shape index (κ1) is 13.2. The van der Waals surface area contributed by atoms with Crippen LogP contribution >= 0.6 is 0 Å². The summed E-state index contributed by atoms with van der Waals surface area (Å²) in [6, 6.07) is 0. The fraction of sp³-hybridized carbons (Fsp3) is 0.900. The fourth-order valence-corrected chi connectivity index (χ4v) is 1.40. The van der Waals surface area contributed by atoms with Crippen molar-refractivity contribution >= 4 is 6.09 Å². The smallest absolute Gasteiger partial charge is 0.410 e. The zero-order valence-corrected chi connectivity index (χ0v) is 10.3. The second-order valence-corrected chi connectivity index (χ2v) is 5.00. The van der Waals surface area contributed by atoms with Gasteiger partial charge in [0.1, 0.15) is 5.60 Å². The third kappa shape index (κ3) is 3.62. The molecule has 1 fully saturated rings. The highest BCUT2D eigenvalue weighted by atomic mass is 16.8. The highest BCUT2D eigenvalue weighted by molar-refractivity contribution is 5.68. The van der Waals surface area contributed by atoms with Crippen LogP contribution in [0.2, 0.25) is 0 Å². The molecule has 0 bridgehead atoms. The molecule has 2 N–H and O–H groups in total. The van der Waals surface area contributed by atoms with Crippen LogP contribution in [0.4, 0.5) is 4.79 Å². The molecule has 6 heteroatoms. The number of hydrogen-bond acceptors (Lipinski definition) is 5. The first-order valence-electron chi connectivity index (χ1n) is 5.25. The van der Waals surface area contributed by atoms with Gasteiger partial charge in [-0.2, -0.15) is 0 Å². The SMILES string of the molecule is CC(C)(C)OC(=O)N1CCO[C@@](C)(ON)C1. The summed E-state index contributed by atoms with van der Waals surface area (Å²) in [6.45, 7) is 8.28. The Kier molecular flexibility index (Phi) is 3.77. The van der Waals surface area contributed by atoms with Crippen LogP contribution in [-0.4, -0.2) is 42.1 Å². The van der Waals surface area contributed by atoms with Crippen molar-refractivity contribution in [1.82, 2.24) is 4.90 Å². The maximum absolute atomic E-state index is 11.8. The molecule has 0 aromatic rings. The molecule has 0 aliphatic carbocycles. The van der Waals surface area contributed by atoms with Gasteiger partial charge in [-0.05, 0) is 27.7 Å².